The van der Waals surface area contributed by atoms with Gasteiger partial charge in [-0.3, -0.25) is 4.79 Å². The van der Waals surface area contributed by atoms with Gasteiger partial charge in [0.2, 0.25) is 5.91 Å². The number of rotatable bonds is 4. The van der Waals surface area contributed by atoms with Crippen molar-refractivity contribution in [2.24, 2.45) is 5.92 Å². The molecule has 1 N–H and O–H groups in total. The molecule has 1 aliphatic rings. The third-order valence-electron chi connectivity index (χ3n) is 3.73. The van der Waals surface area contributed by atoms with Gasteiger partial charge in [0.25, 0.3) is 0 Å². The monoisotopic (exact) mass is 327 g/mol. The van der Waals surface area contributed by atoms with Crippen molar-refractivity contribution in [2.75, 3.05) is 5.33 Å². The average molecular weight is 328 g/mol. The Hall–Kier alpha value is -0.900. The van der Waals surface area contributed by atoms with E-state index in [1.54, 1.807) is 12.1 Å². The zero-order valence-corrected chi connectivity index (χ0v) is 12.5. The number of hydrogen-bond acceptors (Lipinski definition) is 1. The Balaban J connectivity index is 1.88. The number of carbonyl (C=O) groups excluding carboxylic acids is 1. The van der Waals surface area contributed by atoms with E-state index in [1.165, 1.54) is 31.4 Å². The van der Waals surface area contributed by atoms with Crippen molar-refractivity contribution in [3.05, 3.63) is 35.6 Å². The van der Waals surface area contributed by atoms with E-state index in [0.29, 0.717) is 12.3 Å². The predicted molar refractivity (Wildman–Crippen MR) is 77.8 cm³/mol. The van der Waals surface area contributed by atoms with E-state index in [0.717, 1.165) is 17.3 Å². The number of hydrogen-bond donors (Lipinski definition) is 1. The summed E-state index contributed by atoms with van der Waals surface area (Å²) in [5.74, 6) is 0.297. The van der Waals surface area contributed by atoms with Crippen molar-refractivity contribution < 1.29 is 9.18 Å². The molecule has 4 heteroatoms. The first-order chi connectivity index (χ1) is 9.19. The normalized spacial score (nSPS) is 23.1. The zero-order chi connectivity index (χ0) is 13.7. The van der Waals surface area contributed by atoms with Crippen LogP contribution in [0.4, 0.5) is 4.39 Å². The Morgan fingerprint density at radius 1 is 1.26 bits per heavy atom. The SMILES string of the molecule is O=C(Cc1ccc(F)cc1)NC1CCCCC1CBr. The molecule has 2 rings (SSSR count). The maximum Gasteiger partial charge on any atom is 0.224 e. The Labute approximate surface area is 121 Å². The Morgan fingerprint density at radius 3 is 2.63 bits per heavy atom. The number of nitrogens with one attached hydrogen (secondary N) is 1. The van der Waals surface area contributed by atoms with E-state index in [2.05, 4.69) is 21.2 Å². The molecule has 19 heavy (non-hydrogen) atoms. The molecule has 0 heterocycles. The molecule has 0 radical (unpaired) electrons. The molecule has 0 aliphatic heterocycles. The quantitative estimate of drug-likeness (QED) is 0.843. The molecule has 0 bridgehead atoms. The number of alkyl halides is 1. The fourth-order valence-electron chi connectivity index (χ4n) is 2.63. The summed E-state index contributed by atoms with van der Waals surface area (Å²) in [6, 6.07) is 6.39. The molecule has 2 nitrogen and oxygen atoms in total. The van der Waals surface area contributed by atoms with E-state index in [9.17, 15) is 9.18 Å². The first kappa shape index (κ1) is 14.5. The highest BCUT2D eigenvalue weighted by Crippen LogP contribution is 2.25. The van der Waals surface area contributed by atoms with E-state index < -0.39 is 0 Å². The molecule has 1 fully saturated rings. The highest BCUT2D eigenvalue weighted by molar-refractivity contribution is 9.09. The molecule has 1 amide bonds. The van der Waals surface area contributed by atoms with Crippen molar-refractivity contribution in [3.63, 3.8) is 0 Å². The van der Waals surface area contributed by atoms with Crippen LogP contribution in [0.1, 0.15) is 31.2 Å². The molecular weight excluding hydrogens is 309 g/mol. The third-order valence-corrected chi connectivity index (χ3v) is 4.56. The molecule has 2 unspecified atom stereocenters. The number of carbonyl (C=O) groups is 1. The van der Waals surface area contributed by atoms with Gasteiger partial charge in [0.15, 0.2) is 0 Å². The van der Waals surface area contributed by atoms with Crippen LogP contribution in [0.3, 0.4) is 0 Å². The van der Waals surface area contributed by atoms with Gasteiger partial charge in [-0.15, -0.1) is 0 Å². The minimum atomic E-state index is -0.268. The summed E-state index contributed by atoms with van der Waals surface area (Å²) in [5.41, 5.74) is 0.852. The van der Waals surface area contributed by atoms with Crippen LogP contribution in [0.2, 0.25) is 0 Å². The van der Waals surface area contributed by atoms with Gasteiger partial charge in [-0.25, -0.2) is 4.39 Å². The Kier molecular flexibility index (Phi) is 5.37. The fourth-order valence-corrected chi connectivity index (χ4v) is 3.40. The molecule has 0 aromatic heterocycles. The van der Waals surface area contributed by atoms with Crippen LogP contribution in [0.5, 0.6) is 0 Å². The number of amides is 1. The highest BCUT2D eigenvalue weighted by atomic mass is 79.9. The lowest BCUT2D eigenvalue weighted by Gasteiger charge is -2.31. The summed E-state index contributed by atoms with van der Waals surface area (Å²) in [6.45, 7) is 0. The fraction of sp³-hybridized carbons (Fsp3) is 0.533. The van der Waals surface area contributed by atoms with Crippen LogP contribution in [-0.2, 0) is 11.2 Å². The minimum Gasteiger partial charge on any atom is -0.353 e. The first-order valence-corrected chi connectivity index (χ1v) is 7.91. The van der Waals surface area contributed by atoms with Gasteiger partial charge in [0.1, 0.15) is 5.82 Å². The van der Waals surface area contributed by atoms with Crippen LogP contribution in [0, 0.1) is 11.7 Å². The lowest BCUT2D eigenvalue weighted by atomic mass is 9.86. The maximum absolute atomic E-state index is 12.8. The van der Waals surface area contributed by atoms with Gasteiger partial charge in [-0.05, 0) is 36.5 Å². The van der Waals surface area contributed by atoms with Gasteiger partial charge < -0.3 is 5.32 Å². The molecule has 1 aromatic carbocycles. The Morgan fingerprint density at radius 2 is 1.95 bits per heavy atom. The molecule has 1 aromatic rings. The molecule has 2 atom stereocenters. The maximum atomic E-state index is 12.8. The number of halogens is 2. The van der Waals surface area contributed by atoms with Crippen LogP contribution in [0.15, 0.2) is 24.3 Å². The summed E-state index contributed by atoms with van der Waals surface area (Å²) in [7, 11) is 0. The van der Waals surface area contributed by atoms with Gasteiger partial charge in [0, 0.05) is 11.4 Å². The van der Waals surface area contributed by atoms with Crippen LogP contribution < -0.4 is 5.32 Å². The largest absolute Gasteiger partial charge is 0.353 e. The average Bonchev–Trinajstić information content (AvgIpc) is 2.42. The summed E-state index contributed by atoms with van der Waals surface area (Å²) in [6.07, 6.45) is 5.00. The molecular formula is C15H19BrFNO. The second-order valence-electron chi connectivity index (χ2n) is 5.18. The van der Waals surface area contributed by atoms with Crippen molar-refractivity contribution in [3.8, 4) is 0 Å². The van der Waals surface area contributed by atoms with Crippen molar-refractivity contribution in [2.45, 2.75) is 38.1 Å². The van der Waals surface area contributed by atoms with Crippen LogP contribution in [0.25, 0.3) is 0 Å². The summed E-state index contributed by atoms with van der Waals surface area (Å²) >= 11 is 3.52. The smallest absolute Gasteiger partial charge is 0.224 e. The summed E-state index contributed by atoms with van der Waals surface area (Å²) < 4.78 is 12.8. The second kappa shape index (κ2) is 7.04. The Bertz CT molecular complexity index is 421. The van der Waals surface area contributed by atoms with Gasteiger partial charge in [-0.1, -0.05) is 40.9 Å². The molecule has 0 spiro atoms. The molecule has 104 valence electrons. The van der Waals surface area contributed by atoms with Crippen LogP contribution >= 0.6 is 15.9 Å². The highest BCUT2D eigenvalue weighted by Gasteiger charge is 2.25. The summed E-state index contributed by atoms with van der Waals surface area (Å²) in [4.78, 5) is 12.0. The summed E-state index contributed by atoms with van der Waals surface area (Å²) in [5, 5.41) is 4.06. The number of benzene rings is 1. The van der Waals surface area contributed by atoms with Crippen molar-refractivity contribution >= 4 is 21.8 Å². The van der Waals surface area contributed by atoms with Gasteiger partial charge in [-0.2, -0.15) is 0 Å². The van der Waals surface area contributed by atoms with Gasteiger partial charge >= 0.3 is 0 Å². The first-order valence-electron chi connectivity index (χ1n) is 6.79. The minimum absolute atomic E-state index is 0.0319. The second-order valence-corrected chi connectivity index (χ2v) is 5.82. The molecule has 0 saturated heterocycles. The van der Waals surface area contributed by atoms with Crippen molar-refractivity contribution in [1.29, 1.82) is 0 Å². The van der Waals surface area contributed by atoms with Crippen LogP contribution in [-0.4, -0.2) is 17.3 Å². The third kappa shape index (κ3) is 4.30. The van der Waals surface area contributed by atoms with E-state index in [4.69, 9.17) is 0 Å². The lowest BCUT2D eigenvalue weighted by Crippen LogP contribution is -2.43. The molecule has 1 aliphatic carbocycles. The van der Waals surface area contributed by atoms with Gasteiger partial charge in [0.05, 0.1) is 6.42 Å². The van der Waals surface area contributed by atoms with E-state index in [-0.39, 0.29) is 17.8 Å². The zero-order valence-electron chi connectivity index (χ0n) is 10.9. The lowest BCUT2D eigenvalue weighted by molar-refractivity contribution is -0.121. The van der Waals surface area contributed by atoms with E-state index >= 15 is 0 Å². The molecule has 1 saturated carbocycles. The topological polar surface area (TPSA) is 29.1 Å². The predicted octanol–water partition coefficient (Wildman–Crippen LogP) is 3.44. The van der Waals surface area contributed by atoms with Crippen molar-refractivity contribution in [1.82, 2.24) is 5.32 Å². The standard InChI is InChI=1S/C15H19BrFNO/c16-10-12-3-1-2-4-14(12)18-15(19)9-11-5-7-13(17)8-6-11/h5-8,12,14H,1-4,9-10H2,(H,18,19). The van der Waals surface area contributed by atoms with E-state index in [1.807, 2.05) is 0 Å².